The van der Waals surface area contributed by atoms with Gasteiger partial charge in [0.15, 0.2) is 0 Å². The molecule has 45 heavy (non-hydrogen) atoms. The molecular formula is C28H35F6N5O6. The molecule has 2 saturated heterocycles. The molecule has 0 radical (unpaired) electrons. The van der Waals surface area contributed by atoms with Crippen molar-refractivity contribution in [2.45, 2.75) is 64.0 Å². The summed E-state index contributed by atoms with van der Waals surface area (Å²) in [6.07, 6.45) is -0.883. The molecule has 1 aliphatic carbocycles. The molecule has 250 valence electrons. The van der Waals surface area contributed by atoms with Gasteiger partial charge in [0.05, 0.1) is 24.5 Å². The number of carbonyl (C=O) groups excluding carboxylic acids is 1. The van der Waals surface area contributed by atoms with Crippen LogP contribution in [0.1, 0.15) is 56.3 Å². The Morgan fingerprint density at radius 3 is 2.18 bits per heavy atom. The summed E-state index contributed by atoms with van der Waals surface area (Å²) in [5.41, 5.74) is 1.74. The Morgan fingerprint density at radius 2 is 1.69 bits per heavy atom. The average Bonchev–Trinajstić information content (AvgIpc) is 3.36. The fraction of sp³-hybridized carbons (Fsp3) is 0.607. The molecule has 1 spiro atoms. The standard InChI is InChI=1S/C24H33N5O2.2C2HF3O2/c1-17(2)29-14-21(26-16-29)20-13-27(12-19-5-4-9-25-22(19)31-3)15-24(20)8-10-28(23(24)30)11-18-6-7-18;2*3-2(4,5)1(6)7/h4-5,9,14,16-18,20H,6-8,10-13,15H2,1-3H3;2*(H,6,7). The van der Waals surface area contributed by atoms with Gasteiger partial charge in [0.25, 0.3) is 0 Å². The minimum Gasteiger partial charge on any atom is -0.481 e. The summed E-state index contributed by atoms with van der Waals surface area (Å²) >= 11 is 0. The average molecular weight is 652 g/mol. The van der Waals surface area contributed by atoms with Gasteiger partial charge in [-0.05, 0) is 45.1 Å². The van der Waals surface area contributed by atoms with Crippen molar-refractivity contribution in [1.29, 1.82) is 0 Å². The molecule has 2 atom stereocenters. The number of methoxy groups -OCH3 is 1. The van der Waals surface area contributed by atoms with E-state index in [0.29, 0.717) is 17.8 Å². The number of halogens is 6. The number of ether oxygens (including phenoxy) is 1. The molecule has 2 unspecified atom stereocenters. The first kappa shape index (κ1) is 35.6. The third-order valence-corrected chi connectivity index (χ3v) is 7.83. The fourth-order valence-electron chi connectivity index (χ4n) is 5.40. The number of carbonyl (C=O) groups is 3. The number of hydrogen-bond donors (Lipinski definition) is 2. The minimum absolute atomic E-state index is 0.117. The van der Waals surface area contributed by atoms with Crippen LogP contribution in [0, 0.1) is 11.3 Å². The van der Waals surface area contributed by atoms with E-state index in [0.717, 1.165) is 56.3 Å². The molecule has 2 aromatic heterocycles. The monoisotopic (exact) mass is 651 g/mol. The number of carboxylic acids is 2. The Hall–Kier alpha value is -3.89. The molecule has 1 amide bonds. The van der Waals surface area contributed by atoms with Crippen LogP contribution in [0.3, 0.4) is 0 Å². The second kappa shape index (κ2) is 14.0. The predicted molar refractivity (Wildman–Crippen MR) is 145 cm³/mol. The van der Waals surface area contributed by atoms with Crippen LogP contribution in [0.2, 0.25) is 0 Å². The predicted octanol–water partition coefficient (Wildman–Crippen LogP) is 4.36. The largest absolute Gasteiger partial charge is 0.490 e. The van der Waals surface area contributed by atoms with Crippen LogP contribution in [-0.4, -0.2) is 98.0 Å². The number of rotatable bonds is 7. The smallest absolute Gasteiger partial charge is 0.481 e. The molecule has 0 aromatic carbocycles. The lowest BCUT2D eigenvalue weighted by Crippen LogP contribution is -2.40. The highest BCUT2D eigenvalue weighted by Crippen LogP contribution is 2.50. The van der Waals surface area contributed by atoms with Crippen LogP contribution in [0.15, 0.2) is 30.9 Å². The normalized spacial score (nSPS) is 21.8. The van der Waals surface area contributed by atoms with Gasteiger partial charge in [-0.3, -0.25) is 9.69 Å². The first-order chi connectivity index (χ1) is 20.9. The van der Waals surface area contributed by atoms with Crippen molar-refractivity contribution in [3.63, 3.8) is 0 Å². The molecule has 2 aromatic rings. The first-order valence-electron chi connectivity index (χ1n) is 14.0. The van der Waals surface area contributed by atoms with Crippen molar-refractivity contribution < 1.29 is 55.7 Å². The molecule has 2 N–H and O–H groups in total. The van der Waals surface area contributed by atoms with Gasteiger partial charge in [-0.25, -0.2) is 19.6 Å². The molecule has 0 bridgehead atoms. The summed E-state index contributed by atoms with van der Waals surface area (Å²) in [4.78, 5) is 45.2. The maximum absolute atomic E-state index is 13.8. The molecule has 4 heterocycles. The molecule has 3 aliphatic rings. The fourth-order valence-corrected chi connectivity index (χ4v) is 5.40. The number of aromatic nitrogens is 3. The zero-order valence-electron chi connectivity index (χ0n) is 24.8. The topological polar surface area (TPSA) is 138 Å². The molecular weight excluding hydrogens is 616 g/mol. The van der Waals surface area contributed by atoms with E-state index in [2.05, 4.69) is 45.5 Å². The van der Waals surface area contributed by atoms with Crippen molar-refractivity contribution in [2.24, 2.45) is 11.3 Å². The number of carboxylic acid groups (broad SMARTS) is 2. The molecule has 1 saturated carbocycles. The Labute approximate surface area is 254 Å². The van der Waals surface area contributed by atoms with E-state index in [1.807, 2.05) is 12.4 Å². The zero-order valence-corrected chi connectivity index (χ0v) is 24.8. The van der Waals surface area contributed by atoms with Crippen molar-refractivity contribution >= 4 is 17.8 Å². The highest BCUT2D eigenvalue weighted by Gasteiger charge is 2.58. The zero-order chi connectivity index (χ0) is 33.7. The number of aliphatic carboxylic acids is 2. The van der Waals surface area contributed by atoms with Crippen molar-refractivity contribution in [2.75, 3.05) is 33.3 Å². The van der Waals surface area contributed by atoms with E-state index < -0.39 is 24.3 Å². The van der Waals surface area contributed by atoms with E-state index in [4.69, 9.17) is 29.5 Å². The molecule has 11 nitrogen and oxygen atoms in total. The van der Waals surface area contributed by atoms with Gasteiger partial charge < -0.3 is 24.4 Å². The van der Waals surface area contributed by atoms with Gasteiger partial charge in [-0.15, -0.1) is 0 Å². The van der Waals surface area contributed by atoms with E-state index >= 15 is 0 Å². The van der Waals surface area contributed by atoms with Crippen molar-refractivity contribution in [3.05, 3.63) is 42.1 Å². The number of amides is 1. The van der Waals surface area contributed by atoms with Crippen molar-refractivity contribution in [3.8, 4) is 5.88 Å². The highest BCUT2D eigenvalue weighted by atomic mass is 19.4. The summed E-state index contributed by atoms with van der Waals surface area (Å²) in [5, 5.41) is 14.2. The van der Waals surface area contributed by atoms with Gasteiger partial charge in [0.1, 0.15) is 0 Å². The lowest BCUT2D eigenvalue weighted by Gasteiger charge is -2.28. The second-order valence-electron chi connectivity index (χ2n) is 11.4. The lowest BCUT2D eigenvalue weighted by molar-refractivity contribution is -0.193. The van der Waals surface area contributed by atoms with Crippen LogP contribution in [-0.2, 0) is 20.9 Å². The quantitative estimate of drug-likeness (QED) is 0.419. The maximum Gasteiger partial charge on any atom is 0.490 e. The van der Waals surface area contributed by atoms with Crippen LogP contribution < -0.4 is 4.74 Å². The maximum atomic E-state index is 13.8. The number of imidazole rings is 1. The summed E-state index contributed by atoms with van der Waals surface area (Å²) in [6.45, 7) is 8.46. The van der Waals surface area contributed by atoms with Gasteiger partial charge >= 0.3 is 24.3 Å². The van der Waals surface area contributed by atoms with E-state index in [1.165, 1.54) is 12.8 Å². The van der Waals surface area contributed by atoms with Gasteiger partial charge in [0, 0.05) is 62.6 Å². The molecule has 17 heteroatoms. The van der Waals surface area contributed by atoms with E-state index in [1.54, 1.807) is 13.3 Å². The SMILES string of the molecule is COc1ncccc1CN1CC(c2cn(C(C)C)cn2)C2(CCN(CC3CC3)C2=O)C1.O=C(O)C(F)(F)F.O=C(O)C(F)(F)F. The van der Waals surface area contributed by atoms with E-state index in [-0.39, 0.29) is 11.3 Å². The third kappa shape index (κ3) is 9.08. The van der Waals surface area contributed by atoms with Gasteiger partial charge in [-0.1, -0.05) is 6.07 Å². The number of pyridine rings is 1. The Balaban J connectivity index is 0.000000331. The number of hydrogen-bond acceptors (Lipinski definition) is 7. The van der Waals surface area contributed by atoms with Crippen LogP contribution in [0.4, 0.5) is 26.3 Å². The third-order valence-electron chi connectivity index (χ3n) is 7.83. The summed E-state index contributed by atoms with van der Waals surface area (Å²) < 4.78 is 71.1. The number of likely N-dealkylation sites (tertiary alicyclic amines) is 2. The summed E-state index contributed by atoms with van der Waals surface area (Å²) in [6, 6.07) is 4.37. The van der Waals surface area contributed by atoms with Crippen molar-refractivity contribution in [1.82, 2.24) is 24.3 Å². The molecule has 3 fully saturated rings. The Morgan fingerprint density at radius 1 is 1.09 bits per heavy atom. The second-order valence-corrected chi connectivity index (χ2v) is 11.4. The number of alkyl halides is 6. The van der Waals surface area contributed by atoms with Gasteiger partial charge in [0.2, 0.25) is 11.8 Å². The first-order valence-corrected chi connectivity index (χ1v) is 14.0. The molecule has 5 rings (SSSR count). The Bertz CT molecular complexity index is 1320. The minimum atomic E-state index is -5.08. The van der Waals surface area contributed by atoms with Gasteiger partial charge in [-0.2, -0.15) is 26.3 Å². The summed E-state index contributed by atoms with van der Waals surface area (Å²) in [7, 11) is 1.66. The van der Waals surface area contributed by atoms with Crippen LogP contribution in [0.25, 0.3) is 0 Å². The number of nitrogens with zero attached hydrogens (tertiary/aromatic N) is 5. The van der Waals surface area contributed by atoms with Crippen LogP contribution >= 0.6 is 0 Å². The summed E-state index contributed by atoms with van der Waals surface area (Å²) in [5.74, 6) is -3.68. The highest BCUT2D eigenvalue weighted by molar-refractivity contribution is 5.87. The molecule has 2 aliphatic heterocycles. The Kier molecular flexibility index (Phi) is 11.1. The van der Waals surface area contributed by atoms with E-state index in [9.17, 15) is 31.1 Å². The van der Waals surface area contributed by atoms with Crippen LogP contribution in [0.5, 0.6) is 5.88 Å². The lowest BCUT2D eigenvalue weighted by atomic mass is 9.75.